The van der Waals surface area contributed by atoms with Crippen molar-refractivity contribution < 1.29 is 13.3 Å². The molecule has 0 unspecified atom stereocenters. The summed E-state index contributed by atoms with van der Waals surface area (Å²) in [5, 5.41) is 0. The molecular formula is C16H18N2O3. The summed E-state index contributed by atoms with van der Waals surface area (Å²) in [6.07, 6.45) is 1.43. The minimum absolute atomic E-state index is 0.562. The normalized spacial score (nSPS) is 11.1. The third-order valence-corrected chi connectivity index (χ3v) is 3.20. The highest BCUT2D eigenvalue weighted by Crippen LogP contribution is 2.30. The van der Waals surface area contributed by atoms with Gasteiger partial charge in [0, 0.05) is 12.8 Å². The maximum Gasteiger partial charge on any atom is 0.170 e. The van der Waals surface area contributed by atoms with Crippen LogP contribution in [0.25, 0.3) is 23.0 Å². The van der Waals surface area contributed by atoms with E-state index in [0.717, 1.165) is 11.5 Å². The van der Waals surface area contributed by atoms with Gasteiger partial charge in [-0.1, -0.05) is 0 Å². The van der Waals surface area contributed by atoms with Crippen molar-refractivity contribution >= 4 is 0 Å². The molecule has 5 heteroatoms. The molecule has 0 aliphatic heterocycles. The average Bonchev–Trinajstić information content (AvgIpc) is 3.18. The van der Waals surface area contributed by atoms with E-state index >= 15 is 0 Å². The molecule has 3 heterocycles. The molecule has 3 rings (SSSR count). The summed E-state index contributed by atoms with van der Waals surface area (Å²) >= 11 is 0. The van der Waals surface area contributed by atoms with Gasteiger partial charge >= 0.3 is 0 Å². The summed E-state index contributed by atoms with van der Waals surface area (Å²) in [4.78, 5) is 0. The maximum atomic E-state index is 5.79. The van der Waals surface area contributed by atoms with E-state index in [1.54, 1.807) is 0 Å². The first-order valence-electron chi connectivity index (χ1n) is 6.98. The number of hydrogen-bond donors (Lipinski definition) is 2. The van der Waals surface area contributed by atoms with Crippen LogP contribution in [-0.4, -0.2) is 13.1 Å². The lowest BCUT2D eigenvalue weighted by Gasteiger charge is -1.94. The van der Waals surface area contributed by atoms with Crippen molar-refractivity contribution in [1.82, 2.24) is 0 Å². The molecule has 0 amide bonds. The van der Waals surface area contributed by atoms with E-state index in [1.165, 1.54) is 0 Å². The van der Waals surface area contributed by atoms with Crippen LogP contribution in [0.1, 0.15) is 11.5 Å². The van der Waals surface area contributed by atoms with Gasteiger partial charge in [0.2, 0.25) is 0 Å². The molecule has 0 saturated carbocycles. The average molecular weight is 286 g/mol. The van der Waals surface area contributed by atoms with Gasteiger partial charge in [0.05, 0.1) is 0 Å². The molecule has 0 aromatic carbocycles. The minimum atomic E-state index is 0.562. The highest BCUT2D eigenvalue weighted by Gasteiger charge is 2.13. The van der Waals surface area contributed by atoms with Crippen LogP contribution in [0.5, 0.6) is 0 Å². The Kier molecular flexibility index (Phi) is 3.94. The molecule has 110 valence electrons. The predicted octanol–water partition coefficient (Wildman–Crippen LogP) is 2.80. The Morgan fingerprint density at radius 2 is 0.952 bits per heavy atom. The second-order valence-electron chi connectivity index (χ2n) is 4.77. The molecular weight excluding hydrogens is 268 g/mol. The third-order valence-electron chi connectivity index (χ3n) is 3.20. The molecule has 0 fully saturated rings. The molecule has 0 bridgehead atoms. The molecule has 0 atom stereocenters. The molecule has 4 N–H and O–H groups in total. The van der Waals surface area contributed by atoms with Gasteiger partial charge in [-0.25, -0.2) is 0 Å². The Morgan fingerprint density at radius 1 is 0.571 bits per heavy atom. The minimum Gasteiger partial charge on any atom is -0.458 e. The summed E-state index contributed by atoms with van der Waals surface area (Å²) in [7, 11) is 0. The van der Waals surface area contributed by atoms with Crippen molar-refractivity contribution in [2.45, 2.75) is 12.8 Å². The largest absolute Gasteiger partial charge is 0.458 e. The van der Waals surface area contributed by atoms with Crippen LogP contribution in [0.15, 0.2) is 49.6 Å². The van der Waals surface area contributed by atoms with Crippen LogP contribution >= 0.6 is 0 Å². The summed E-state index contributed by atoms with van der Waals surface area (Å²) in [6.45, 7) is 1.12. The van der Waals surface area contributed by atoms with Crippen molar-refractivity contribution in [3.63, 3.8) is 0 Å². The first kappa shape index (κ1) is 13.7. The van der Waals surface area contributed by atoms with Gasteiger partial charge in [0.1, 0.15) is 11.5 Å². The van der Waals surface area contributed by atoms with E-state index in [0.29, 0.717) is 49.0 Å². The fraction of sp³-hybridized carbons (Fsp3) is 0.250. The highest BCUT2D eigenvalue weighted by atomic mass is 16.4. The second-order valence-corrected chi connectivity index (χ2v) is 4.77. The fourth-order valence-electron chi connectivity index (χ4n) is 2.18. The van der Waals surface area contributed by atoms with Gasteiger partial charge in [-0.2, -0.15) is 0 Å². The van der Waals surface area contributed by atoms with Gasteiger partial charge in [-0.05, 0) is 49.5 Å². The zero-order chi connectivity index (χ0) is 14.7. The zero-order valence-corrected chi connectivity index (χ0v) is 11.7. The van der Waals surface area contributed by atoms with Gasteiger partial charge in [-0.15, -0.1) is 0 Å². The first-order chi connectivity index (χ1) is 10.3. The standard InChI is InChI=1S/C16H18N2O3/c17-9-7-11-1-3-13(19-11)15-5-6-16(21-15)14-4-2-12(20-14)8-10-18/h1-6H,7-10,17-18H2. The topological polar surface area (TPSA) is 91.5 Å². The van der Waals surface area contributed by atoms with Crippen LogP contribution in [0, 0.1) is 0 Å². The highest BCUT2D eigenvalue weighted by molar-refractivity contribution is 5.58. The van der Waals surface area contributed by atoms with E-state index in [1.807, 2.05) is 36.4 Å². The molecule has 0 spiro atoms. The molecule has 5 nitrogen and oxygen atoms in total. The number of furan rings is 3. The second kappa shape index (κ2) is 6.03. The van der Waals surface area contributed by atoms with Crippen LogP contribution in [0.3, 0.4) is 0 Å². The van der Waals surface area contributed by atoms with E-state index in [9.17, 15) is 0 Å². The van der Waals surface area contributed by atoms with Crippen LogP contribution in [-0.2, 0) is 12.8 Å². The van der Waals surface area contributed by atoms with Crippen molar-refractivity contribution in [2.24, 2.45) is 11.5 Å². The number of rotatable bonds is 6. The predicted molar refractivity (Wildman–Crippen MR) is 79.6 cm³/mol. The van der Waals surface area contributed by atoms with E-state index in [4.69, 9.17) is 24.7 Å². The van der Waals surface area contributed by atoms with Crippen molar-refractivity contribution in [2.75, 3.05) is 13.1 Å². The van der Waals surface area contributed by atoms with E-state index in [2.05, 4.69) is 0 Å². The third kappa shape index (κ3) is 2.94. The Labute approximate surface area is 122 Å². The molecule has 0 aliphatic rings. The smallest absolute Gasteiger partial charge is 0.170 e. The lowest BCUT2D eigenvalue weighted by atomic mass is 10.3. The van der Waals surface area contributed by atoms with Crippen molar-refractivity contribution in [3.8, 4) is 23.0 Å². The quantitative estimate of drug-likeness (QED) is 0.727. The summed E-state index contributed by atoms with van der Waals surface area (Å²) < 4.78 is 17.2. The summed E-state index contributed by atoms with van der Waals surface area (Å²) in [5.74, 6) is 4.44. The first-order valence-corrected chi connectivity index (χ1v) is 6.98. The molecule has 0 aliphatic carbocycles. The maximum absolute atomic E-state index is 5.79. The number of hydrogen-bond acceptors (Lipinski definition) is 5. The van der Waals surface area contributed by atoms with Crippen LogP contribution in [0.2, 0.25) is 0 Å². The Bertz CT molecular complexity index is 650. The Balaban J connectivity index is 1.81. The van der Waals surface area contributed by atoms with Gasteiger partial charge in [0.25, 0.3) is 0 Å². The lowest BCUT2D eigenvalue weighted by Crippen LogP contribution is -2.01. The SMILES string of the molecule is NCCc1ccc(-c2ccc(-c3ccc(CCN)o3)o2)o1. The van der Waals surface area contributed by atoms with E-state index < -0.39 is 0 Å². The Morgan fingerprint density at radius 3 is 1.38 bits per heavy atom. The van der Waals surface area contributed by atoms with Gasteiger partial charge < -0.3 is 24.7 Å². The summed E-state index contributed by atoms with van der Waals surface area (Å²) in [5.41, 5.74) is 11.0. The fourth-order valence-corrected chi connectivity index (χ4v) is 2.18. The Hall–Kier alpha value is -2.24. The molecule has 3 aromatic heterocycles. The van der Waals surface area contributed by atoms with Gasteiger partial charge in [-0.3, -0.25) is 0 Å². The lowest BCUT2D eigenvalue weighted by molar-refractivity contribution is 0.478. The summed E-state index contributed by atoms with van der Waals surface area (Å²) in [6, 6.07) is 11.3. The number of nitrogens with two attached hydrogens (primary N) is 2. The zero-order valence-electron chi connectivity index (χ0n) is 11.7. The van der Waals surface area contributed by atoms with E-state index in [-0.39, 0.29) is 0 Å². The van der Waals surface area contributed by atoms with Gasteiger partial charge in [0.15, 0.2) is 23.0 Å². The van der Waals surface area contributed by atoms with Crippen molar-refractivity contribution in [3.05, 3.63) is 47.9 Å². The van der Waals surface area contributed by atoms with Crippen molar-refractivity contribution in [1.29, 1.82) is 0 Å². The molecule has 0 saturated heterocycles. The molecule has 0 radical (unpaired) electrons. The van der Waals surface area contributed by atoms with Crippen LogP contribution in [0.4, 0.5) is 0 Å². The molecule has 21 heavy (non-hydrogen) atoms. The van der Waals surface area contributed by atoms with Crippen LogP contribution < -0.4 is 11.5 Å². The molecule has 3 aromatic rings. The monoisotopic (exact) mass is 286 g/mol.